The molecule has 1 heterocycles. The first kappa shape index (κ1) is 23.9. The maximum absolute atomic E-state index is 6.72. The summed E-state index contributed by atoms with van der Waals surface area (Å²) >= 11 is 0. The summed E-state index contributed by atoms with van der Waals surface area (Å²) in [6, 6.07) is 10.4. The van der Waals surface area contributed by atoms with Crippen LogP contribution in [0.5, 0.6) is 0 Å². The molecule has 1 aliphatic heterocycles. The third-order valence-corrected chi connectivity index (χ3v) is 10.1. The second-order valence-corrected chi connectivity index (χ2v) is 13.9. The number of nitrogens with one attached hydrogen (secondary N) is 1. The number of benzene rings is 1. The van der Waals surface area contributed by atoms with Crippen LogP contribution in [0.1, 0.15) is 45.6 Å². The van der Waals surface area contributed by atoms with Crippen molar-refractivity contribution < 1.29 is 13.9 Å². The Morgan fingerprint density at radius 1 is 1.24 bits per heavy atom. The Bertz CT molecular complexity index is 646. The van der Waals surface area contributed by atoms with E-state index in [0.29, 0.717) is 0 Å². The average Bonchev–Trinajstić information content (AvgIpc) is 2.69. The first-order valence-corrected chi connectivity index (χ1v) is 13.7. The van der Waals surface area contributed by atoms with Gasteiger partial charge in [0.05, 0.1) is 25.0 Å². The van der Waals surface area contributed by atoms with Gasteiger partial charge in [0.25, 0.3) is 0 Å². The summed E-state index contributed by atoms with van der Waals surface area (Å²) in [6.07, 6.45) is 6.71. The van der Waals surface area contributed by atoms with E-state index in [1.54, 1.807) is 0 Å². The summed E-state index contributed by atoms with van der Waals surface area (Å²) in [4.78, 5) is 0. The third kappa shape index (κ3) is 7.74. The molecule has 1 aliphatic rings. The molecule has 0 radical (unpaired) electrons. The van der Waals surface area contributed by atoms with Gasteiger partial charge in [0.15, 0.2) is 6.29 Å². The van der Waals surface area contributed by atoms with Crippen molar-refractivity contribution in [1.82, 2.24) is 5.32 Å². The first-order chi connectivity index (χ1) is 13.7. The quantitative estimate of drug-likeness (QED) is 0.298. The number of hydrogen-bond donors (Lipinski definition) is 1. The molecule has 4 nitrogen and oxygen atoms in total. The number of ether oxygens (including phenoxy) is 2. The van der Waals surface area contributed by atoms with Crippen molar-refractivity contribution in [2.45, 2.75) is 77.0 Å². The molecule has 0 saturated carbocycles. The summed E-state index contributed by atoms with van der Waals surface area (Å²) in [5, 5.41) is 3.73. The van der Waals surface area contributed by atoms with Gasteiger partial charge in [-0.2, -0.15) is 0 Å². The minimum absolute atomic E-state index is 0.0301. The summed E-state index contributed by atoms with van der Waals surface area (Å²) in [6.45, 7) is 17.8. The number of rotatable bonds is 10. The van der Waals surface area contributed by atoms with E-state index in [1.807, 2.05) is 12.1 Å². The van der Waals surface area contributed by atoms with Crippen molar-refractivity contribution in [3.8, 4) is 0 Å². The minimum atomic E-state index is -1.96. The molecular weight excluding hydrogens is 378 g/mol. The van der Waals surface area contributed by atoms with Gasteiger partial charge in [0.1, 0.15) is 0 Å². The van der Waals surface area contributed by atoms with Gasteiger partial charge in [-0.15, -0.1) is 6.58 Å². The van der Waals surface area contributed by atoms with Crippen LogP contribution < -0.4 is 5.32 Å². The van der Waals surface area contributed by atoms with E-state index in [2.05, 4.69) is 76.1 Å². The fourth-order valence-electron chi connectivity index (χ4n) is 2.87. The molecule has 0 aliphatic carbocycles. The maximum Gasteiger partial charge on any atom is 0.250 e. The highest BCUT2D eigenvalue weighted by molar-refractivity contribution is 6.74. The standard InChI is InChI=1S/C24H39NO3Si/c1-7-21(25-19-20-13-9-8-10-14-20)22(28-29(5,6)24(2,3)4)15-11-16-23-26-17-12-18-27-23/h7-10,13-15,21,23,25H,1,11-12,16-19H2,2-6H3/b22-15-/t21-/m0/s1. The maximum atomic E-state index is 6.72. The fourth-order valence-corrected chi connectivity index (χ4v) is 3.97. The van der Waals surface area contributed by atoms with Crippen LogP contribution >= 0.6 is 0 Å². The van der Waals surface area contributed by atoms with Crippen LogP contribution in [0.2, 0.25) is 18.1 Å². The lowest BCUT2D eigenvalue weighted by Crippen LogP contribution is -2.43. The highest BCUT2D eigenvalue weighted by Crippen LogP contribution is 2.38. The topological polar surface area (TPSA) is 39.7 Å². The molecule has 1 aromatic carbocycles. The molecule has 29 heavy (non-hydrogen) atoms. The predicted molar refractivity (Wildman–Crippen MR) is 123 cm³/mol. The zero-order valence-electron chi connectivity index (χ0n) is 18.9. The van der Waals surface area contributed by atoms with E-state index in [-0.39, 0.29) is 17.4 Å². The first-order valence-electron chi connectivity index (χ1n) is 10.7. The van der Waals surface area contributed by atoms with Crippen molar-refractivity contribution in [2.75, 3.05) is 13.2 Å². The summed E-state index contributed by atoms with van der Waals surface area (Å²) < 4.78 is 18.1. The molecule has 2 rings (SSSR count). The van der Waals surface area contributed by atoms with Gasteiger partial charge in [0, 0.05) is 13.0 Å². The van der Waals surface area contributed by atoms with Crippen LogP contribution in [0, 0.1) is 0 Å². The molecule has 1 aromatic rings. The fraction of sp³-hybridized carbons (Fsp3) is 0.583. The van der Waals surface area contributed by atoms with E-state index in [1.165, 1.54) is 5.56 Å². The zero-order valence-corrected chi connectivity index (χ0v) is 19.9. The molecular formula is C24H39NO3Si. The normalized spacial score (nSPS) is 17.8. The molecule has 1 N–H and O–H groups in total. The number of hydrogen-bond acceptors (Lipinski definition) is 4. The Morgan fingerprint density at radius 2 is 1.90 bits per heavy atom. The van der Waals surface area contributed by atoms with Crippen LogP contribution in [0.3, 0.4) is 0 Å². The Morgan fingerprint density at radius 3 is 2.48 bits per heavy atom. The van der Waals surface area contributed by atoms with E-state index >= 15 is 0 Å². The van der Waals surface area contributed by atoms with Gasteiger partial charge in [-0.1, -0.05) is 57.2 Å². The third-order valence-electron chi connectivity index (χ3n) is 5.73. The molecule has 0 amide bonds. The van der Waals surface area contributed by atoms with Gasteiger partial charge in [-0.25, -0.2) is 0 Å². The average molecular weight is 418 g/mol. The SMILES string of the molecule is C=C[C@H](NCc1ccccc1)/C(=C/CCC1OCCCO1)O[Si](C)(C)C(C)(C)C. The van der Waals surface area contributed by atoms with E-state index in [0.717, 1.165) is 44.8 Å². The highest BCUT2D eigenvalue weighted by atomic mass is 28.4. The Balaban J connectivity index is 2.09. The van der Waals surface area contributed by atoms with Crippen LogP contribution in [-0.2, 0) is 20.4 Å². The lowest BCUT2D eigenvalue weighted by atomic mass is 10.1. The van der Waals surface area contributed by atoms with Crippen molar-refractivity contribution in [3.63, 3.8) is 0 Å². The van der Waals surface area contributed by atoms with Crippen molar-refractivity contribution in [2.24, 2.45) is 0 Å². The van der Waals surface area contributed by atoms with Gasteiger partial charge in [0.2, 0.25) is 8.32 Å². The second kappa shape index (κ2) is 11.1. The monoisotopic (exact) mass is 417 g/mol. The largest absolute Gasteiger partial charge is 0.545 e. The van der Waals surface area contributed by atoms with Gasteiger partial charge < -0.3 is 19.2 Å². The molecule has 5 heteroatoms. The van der Waals surface area contributed by atoms with Crippen molar-refractivity contribution >= 4 is 8.32 Å². The molecule has 0 aromatic heterocycles. The number of allylic oxidation sites excluding steroid dienone is 1. The van der Waals surface area contributed by atoms with Crippen molar-refractivity contribution in [1.29, 1.82) is 0 Å². The van der Waals surface area contributed by atoms with Crippen LogP contribution in [-0.4, -0.2) is 33.9 Å². The Labute approximate surface area is 178 Å². The minimum Gasteiger partial charge on any atom is -0.545 e. The zero-order chi connectivity index (χ0) is 21.3. The molecule has 1 atom stereocenters. The van der Waals surface area contributed by atoms with E-state index in [4.69, 9.17) is 13.9 Å². The van der Waals surface area contributed by atoms with Crippen LogP contribution in [0.15, 0.2) is 54.8 Å². The van der Waals surface area contributed by atoms with E-state index in [9.17, 15) is 0 Å². The molecule has 1 fully saturated rings. The summed E-state index contributed by atoms with van der Waals surface area (Å²) in [5.41, 5.74) is 1.25. The van der Waals surface area contributed by atoms with Gasteiger partial charge in [-0.05, 0) is 42.6 Å². The Hall–Kier alpha value is -1.40. The molecule has 162 valence electrons. The lowest BCUT2D eigenvalue weighted by Gasteiger charge is -2.39. The smallest absolute Gasteiger partial charge is 0.250 e. The summed E-state index contributed by atoms with van der Waals surface area (Å²) in [7, 11) is -1.96. The second-order valence-electron chi connectivity index (χ2n) is 9.15. The highest BCUT2D eigenvalue weighted by Gasteiger charge is 2.40. The molecule has 1 saturated heterocycles. The predicted octanol–water partition coefficient (Wildman–Crippen LogP) is 5.78. The van der Waals surface area contributed by atoms with E-state index < -0.39 is 8.32 Å². The lowest BCUT2D eigenvalue weighted by molar-refractivity contribution is -0.180. The molecule has 0 unspecified atom stereocenters. The van der Waals surface area contributed by atoms with Crippen LogP contribution in [0.25, 0.3) is 0 Å². The summed E-state index contributed by atoms with van der Waals surface area (Å²) in [5.74, 6) is 0.971. The van der Waals surface area contributed by atoms with Gasteiger partial charge >= 0.3 is 0 Å². The molecule has 0 spiro atoms. The molecule has 0 bridgehead atoms. The van der Waals surface area contributed by atoms with Gasteiger partial charge in [-0.3, -0.25) is 0 Å². The van der Waals surface area contributed by atoms with Crippen molar-refractivity contribution in [3.05, 3.63) is 60.4 Å². The van der Waals surface area contributed by atoms with Crippen LogP contribution in [0.4, 0.5) is 0 Å². The Kier molecular flexibility index (Phi) is 9.15.